The molecule has 3 rings (SSSR count). The quantitative estimate of drug-likeness (QED) is 0.686. The molecule has 1 aliphatic heterocycles. The van der Waals surface area contributed by atoms with Crippen LogP contribution in [0.4, 0.5) is 0 Å². The van der Waals surface area contributed by atoms with Gasteiger partial charge in [-0.25, -0.2) is 0 Å². The Bertz CT molecular complexity index is 876. The Balaban J connectivity index is 1.35. The van der Waals surface area contributed by atoms with Crippen LogP contribution in [-0.2, 0) is 16.1 Å². The predicted molar refractivity (Wildman–Crippen MR) is 124 cm³/mol. The second-order valence-electron chi connectivity index (χ2n) is 8.45. The first-order valence-corrected chi connectivity index (χ1v) is 11.0. The highest BCUT2D eigenvalue weighted by Crippen LogP contribution is 2.16. The molecule has 0 radical (unpaired) electrons. The van der Waals surface area contributed by atoms with Crippen molar-refractivity contribution in [2.24, 2.45) is 0 Å². The fourth-order valence-electron chi connectivity index (χ4n) is 3.77. The number of nitrogens with zero attached hydrogens (tertiary/aromatic N) is 2. The van der Waals surface area contributed by atoms with Crippen molar-refractivity contribution in [1.82, 2.24) is 20.4 Å². The molecular weight excluding hydrogens is 388 g/mol. The monoisotopic (exact) mass is 422 g/mol. The molecule has 6 nitrogen and oxygen atoms in total. The molecule has 1 saturated heterocycles. The Morgan fingerprint density at radius 3 is 2.10 bits per heavy atom. The second-order valence-corrected chi connectivity index (χ2v) is 8.45. The van der Waals surface area contributed by atoms with Crippen LogP contribution in [0.2, 0.25) is 0 Å². The van der Waals surface area contributed by atoms with Gasteiger partial charge in [0.25, 0.3) is 0 Å². The molecule has 31 heavy (non-hydrogen) atoms. The van der Waals surface area contributed by atoms with Crippen LogP contribution in [0.3, 0.4) is 0 Å². The maximum Gasteiger partial charge on any atom is 0.234 e. The van der Waals surface area contributed by atoms with Crippen LogP contribution in [0.15, 0.2) is 48.5 Å². The number of carbonyl (C=O) groups is 2. The first-order valence-electron chi connectivity index (χ1n) is 11.0. The third kappa shape index (κ3) is 7.19. The molecule has 1 heterocycles. The van der Waals surface area contributed by atoms with Crippen molar-refractivity contribution in [3.05, 3.63) is 70.8 Å². The van der Waals surface area contributed by atoms with Gasteiger partial charge >= 0.3 is 0 Å². The molecule has 2 N–H and O–H groups in total. The SMILES string of the molecule is Cc1ccc(C(C)NC(=O)CN2CCN(CC(=O)NCc3ccccc3)CC2)cc1C. The highest BCUT2D eigenvalue weighted by atomic mass is 16.2. The summed E-state index contributed by atoms with van der Waals surface area (Å²) in [7, 11) is 0. The smallest absolute Gasteiger partial charge is 0.234 e. The van der Waals surface area contributed by atoms with Crippen LogP contribution in [0.1, 0.15) is 35.2 Å². The van der Waals surface area contributed by atoms with Crippen LogP contribution in [-0.4, -0.2) is 60.9 Å². The molecule has 0 bridgehead atoms. The molecule has 1 atom stereocenters. The summed E-state index contributed by atoms with van der Waals surface area (Å²) >= 11 is 0. The zero-order valence-corrected chi connectivity index (χ0v) is 18.9. The minimum atomic E-state index is -0.0126. The molecule has 1 aliphatic rings. The van der Waals surface area contributed by atoms with Crippen molar-refractivity contribution in [3.63, 3.8) is 0 Å². The maximum absolute atomic E-state index is 12.5. The highest BCUT2D eigenvalue weighted by Gasteiger charge is 2.21. The summed E-state index contributed by atoms with van der Waals surface area (Å²) in [5.41, 5.74) is 4.72. The third-order valence-corrected chi connectivity index (χ3v) is 5.94. The van der Waals surface area contributed by atoms with Gasteiger partial charge in [-0.05, 0) is 43.0 Å². The van der Waals surface area contributed by atoms with Crippen molar-refractivity contribution in [2.75, 3.05) is 39.3 Å². The Morgan fingerprint density at radius 2 is 1.48 bits per heavy atom. The van der Waals surface area contributed by atoms with E-state index < -0.39 is 0 Å². The van der Waals surface area contributed by atoms with E-state index in [0.717, 1.165) is 37.3 Å². The van der Waals surface area contributed by atoms with E-state index in [1.807, 2.05) is 37.3 Å². The van der Waals surface area contributed by atoms with Gasteiger partial charge in [0.05, 0.1) is 19.1 Å². The minimum absolute atomic E-state index is 0.0126. The number of benzene rings is 2. The Hall–Kier alpha value is -2.70. The number of piperazine rings is 1. The van der Waals surface area contributed by atoms with Gasteiger partial charge in [0.15, 0.2) is 0 Å². The van der Waals surface area contributed by atoms with E-state index in [2.05, 4.69) is 52.5 Å². The standard InChI is InChI=1S/C25H34N4O2/c1-19-9-10-23(15-20(19)2)21(3)27-25(31)18-29-13-11-28(12-14-29)17-24(30)26-16-22-7-5-4-6-8-22/h4-10,15,21H,11-14,16-18H2,1-3H3,(H,26,30)(H,27,31). The lowest BCUT2D eigenvalue weighted by Gasteiger charge is -2.34. The van der Waals surface area contributed by atoms with E-state index in [4.69, 9.17) is 0 Å². The summed E-state index contributed by atoms with van der Waals surface area (Å²) < 4.78 is 0. The molecule has 2 amide bonds. The molecule has 166 valence electrons. The molecule has 0 spiro atoms. The topological polar surface area (TPSA) is 64.7 Å². The van der Waals surface area contributed by atoms with Crippen LogP contribution in [0, 0.1) is 13.8 Å². The van der Waals surface area contributed by atoms with E-state index in [9.17, 15) is 9.59 Å². The third-order valence-electron chi connectivity index (χ3n) is 5.94. The Kier molecular flexibility index (Phi) is 8.20. The highest BCUT2D eigenvalue weighted by molar-refractivity contribution is 5.79. The van der Waals surface area contributed by atoms with Gasteiger partial charge in [-0.1, -0.05) is 48.5 Å². The van der Waals surface area contributed by atoms with Gasteiger partial charge in [-0.3, -0.25) is 19.4 Å². The van der Waals surface area contributed by atoms with Gasteiger partial charge in [0.2, 0.25) is 11.8 Å². The van der Waals surface area contributed by atoms with E-state index >= 15 is 0 Å². The molecule has 2 aromatic rings. The zero-order chi connectivity index (χ0) is 22.2. The van der Waals surface area contributed by atoms with Crippen molar-refractivity contribution in [3.8, 4) is 0 Å². The van der Waals surface area contributed by atoms with Gasteiger partial charge < -0.3 is 10.6 Å². The summed E-state index contributed by atoms with van der Waals surface area (Å²) in [5.74, 6) is 0.0806. The zero-order valence-electron chi connectivity index (χ0n) is 18.9. The van der Waals surface area contributed by atoms with Crippen LogP contribution < -0.4 is 10.6 Å². The summed E-state index contributed by atoms with van der Waals surface area (Å²) in [4.78, 5) is 29.0. The summed E-state index contributed by atoms with van der Waals surface area (Å²) in [6.07, 6.45) is 0. The normalized spacial score (nSPS) is 16.0. The first-order chi connectivity index (χ1) is 14.9. The van der Waals surface area contributed by atoms with Crippen molar-refractivity contribution >= 4 is 11.8 Å². The summed E-state index contributed by atoms with van der Waals surface area (Å²) in [6, 6.07) is 16.2. The molecule has 0 aromatic heterocycles. The van der Waals surface area contributed by atoms with Crippen molar-refractivity contribution in [1.29, 1.82) is 0 Å². The minimum Gasteiger partial charge on any atom is -0.351 e. The molecule has 6 heteroatoms. The molecular formula is C25H34N4O2. The Labute approximate surface area is 185 Å². The average molecular weight is 423 g/mol. The lowest BCUT2D eigenvalue weighted by Crippen LogP contribution is -2.51. The molecule has 0 aliphatic carbocycles. The van der Waals surface area contributed by atoms with E-state index in [-0.39, 0.29) is 17.9 Å². The molecule has 2 aromatic carbocycles. The van der Waals surface area contributed by atoms with Gasteiger partial charge in [0, 0.05) is 32.7 Å². The number of aryl methyl sites for hydroxylation is 2. The lowest BCUT2D eigenvalue weighted by molar-refractivity contribution is -0.125. The number of amides is 2. The number of hydrogen-bond acceptors (Lipinski definition) is 4. The van der Waals surface area contributed by atoms with E-state index in [1.54, 1.807) is 0 Å². The van der Waals surface area contributed by atoms with Gasteiger partial charge in [-0.2, -0.15) is 0 Å². The second kappa shape index (κ2) is 11.1. The molecule has 0 saturated carbocycles. The Morgan fingerprint density at radius 1 is 0.871 bits per heavy atom. The maximum atomic E-state index is 12.5. The fourth-order valence-corrected chi connectivity index (χ4v) is 3.77. The fraction of sp³-hybridized carbons (Fsp3) is 0.440. The average Bonchev–Trinajstić information content (AvgIpc) is 2.76. The number of carbonyl (C=O) groups excluding carboxylic acids is 2. The van der Waals surface area contributed by atoms with Crippen LogP contribution in [0.5, 0.6) is 0 Å². The van der Waals surface area contributed by atoms with Crippen LogP contribution in [0.25, 0.3) is 0 Å². The first kappa shape index (κ1) is 23.0. The molecule has 1 unspecified atom stereocenters. The summed E-state index contributed by atoms with van der Waals surface area (Å²) in [6.45, 7) is 10.7. The van der Waals surface area contributed by atoms with Crippen LogP contribution >= 0.6 is 0 Å². The lowest BCUT2D eigenvalue weighted by atomic mass is 10.0. The number of rotatable bonds is 8. The van der Waals surface area contributed by atoms with Gasteiger partial charge in [-0.15, -0.1) is 0 Å². The van der Waals surface area contributed by atoms with Crippen molar-refractivity contribution in [2.45, 2.75) is 33.4 Å². The number of nitrogens with one attached hydrogen (secondary N) is 2. The van der Waals surface area contributed by atoms with E-state index in [1.165, 1.54) is 11.1 Å². The summed E-state index contributed by atoms with van der Waals surface area (Å²) in [5, 5.41) is 6.08. The van der Waals surface area contributed by atoms with E-state index in [0.29, 0.717) is 19.6 Å². The number of hydrogen-bond donors (Lipinski definition) is 2. The van der Waals surface area contributed by atoms with Gasteiger partial charge in [0.1, 0.15) is 0 Å². The largest absolute Gasteiger partial charge is 0.351 e. The van der Waals surface area contributed by atoms with Crippen molar-refractivity contribution < 1.29 is 9.59 Å². The predicted octanol–water partition coefficient (Wildman–Crippen LogP) is 2.41. The molecule has 1 fully saturated rings.